The second kappa shape index (κ2) is 8.21. The predicted molar refractivity (Wildman–Crippen MR) is 94.3 cm³/mol. The summed E-state index contributed by atoms with van der Waals surface area (Å²) in [6.45, 7) is 3.71. The predicted octanol–water partition coefficient (Wildman–Crippen LogP) is 2.73. The van der Waals surface area contributed by atoms with Crippen molar-refractivity contribution in [2.24, 2.45) is 0 Å². The molecule has 0 saturated carbocycles. The highest BCUT2D eigenvalue weighted by atomic mass is 16.5. The zero-order valence-electron chi connectivity index (χ0n) is 14.1. The number of nitrogens with one attached hydrogen (secondary N) is 1. The third kappa shape index (κ3) is 4.51. The molecule has 0 aliphatic rings. The van der Waals surface area contributed by atoms with Crippen LogP contribution in [0, 0.1) is 0 Å². The van der Waals surface area contributed by atoms with Gasteiger partial charge in [-0.2, -0.15) is 0 Å². The zero-order valence-corrected chi connectivity index (χ0v) is 14.1. The van der Waals surface area contributed by atoms with Crippen molar-refractivity contribution in [3.05, 3.63) is 77.6 Å². The quantitative estimate of drug-likeness (QED) is 0.720. The van der Waals surface area contributed by atoms with Gasteiger partial charge in [0.2, 0.25) is 0 Å². The Morgan fingerprint density at radius 1 is 1.08 bits per heavy atom. The minimum absolute atomic E-state index is 0.249. The molecule has 1 heterocycles. The van der Waals surface area contributed by atoms with E-state index in [-0.39, 0.29) is 11.6 Å². The molecular formula is C19H20N4O2. The van der Waals surface area contributed by atoms with E-state index in [0.717, 1.165) is 16.8 Å². The van der Waals surface area contributed by atoms with Gasteiger partial charge in [0.1, 0.15) is 0 Å². The molecule has 0 radical (unpaired) electrons. The fourth-order valence-corrected chi connectivity index (χ4v) is 2.32. The molecule has 0 saturated heterocycles. The molecule has 1 aromatic heterocycles. The smallest absolute Gasteiger partial charge is 0.273 e. The highest BCUT2D eigenvalue weighted by Crippen LogP contribution is 2.07. The number of para-hydroxylation sites is 1. The van der Waals surface area contributed by atoms with Crippen LogP contribution in [0.3, 0.4) is 0 Å². The zero-order chi connectivity index (χ0) is 17.5. The molecule has 0 atom stereocenters. The first-order valence-electron chi connectivity index (χ1n) is 8.18. The van der Waals surface area contributed by atoms with Crippen molar-refractivity contribution in [1.29, 1.82) is 0 Å². The second-order valence-corrected chi connectivity index (χ2v) is 5.52. The maximum atomic E-state index is 12.2. The van der Waals surface area contributed by atoms with E-state index in [1.165, 1.54) is 0 Å². The molecule has 0 aliphatic heterocycles. The summed E-state index contributed by atoms with van der Waals surface area (Å²) < 4.78 is 6.95. The maximum Gasteiger partial charge on any atom is 0.273 e. The number of aromatic nitrogens is 3. The number of rotatable bonds is 7. The number of ether oxygens (including phenoxy) is 1. The lowest BCUT2D eigenvalue weighted by Gasteiger charge is -2.05. The maximum absolute atomic E-state index is 12.2. The fourth-order valence-electron chi connectivity index (χ4n) is 2.32. The van der Waals surface area contributed by atoms with E-state index in [0.29, 0.717) is 19.8 Å². The molecule has 128 valence electrons. The first-order chi connectivity index (χ1) is 12.3. The lowest BCUT2D eigenvalue weighted by molar-refractivity contribution is 0.0946. The molecule has 6 nitrogen and oxygen atoms in total. The Labute approximate surface area is 146 Å². The monoisotopic (exact) mass is 336 g/mol. The number of carbonyl (C=O) groups is 1. The Morgan fingerprint density at radius 3 is 2.52 bits per heavy atom. The first-order valence-corrected chi connectivity index (χ1v) is 8.18. The average Bonchev–Trinajstić information content (AvgIpc) is 3.16. The highest BCUT2D eigenvalue weighted by Gasteiger charge is 2.11. The van der Waals surface area contributed by atoms with Crippen molar-refractivity contribution in [3.63, 3.8) is 0 Å². The van der Waals surface area contributed by atoms with E-state index in [9.17, 15) is 4.79 Å². The van der Waals surface area contributed by atoms with Gasteiger partial charge in [0, 0.05) is 13.2 Å². The Morgan fingerprint density at radius 2 is 1.80 bits per heavy atom. The van der Waals surface area contributed by atoms with Gasteiger partial charge in [0.05, 0.1) is 18.5 Å². The van der Waals surface area contributed by atoms with E-state index in [1.807, 2.05) is 61.5 Å². The normalized spacial score (nSPS) is 10.6. The molecule has 0 aliphatic carbocycles. The summed E-state index contributed by atoms with van der Waals surface area (Å²) in [5.41, 5.74) is 3.28. The van der Waals surface area contributed by atoms with Gasteiger partial charge in [-0.25, -0.2) is 4.68 Å². The van der Waals surface area contributed by atoms with Crippen LogP contribution in [0.1, 0.15) is 28.5 Å². The van der Waals surface area contributed by atoms with Crippen molar-refractivity contribution < 1.29 is 9.53 Å². The second-order valence-electron chi connectivity index (χ2n) is 5.52. The van der Waals surface area contributed by atoms with E-state index in [1.54, 1.807) is 10.9 Å². The van der Waals surface area contributed by atoms with Gasteiger partial charge in [-0.3, -0.25) is 4.79 Å². The van der Waals surface area contributed by atoms with Crippen LogP contribution in [0.15, 0.2) is 60.8 Å². The largest absolute Gasteiger partial charge is 0.377 e. The first kappa shape index (κ1) is 16.9. The molecule has 3 aromatic rings. The summed E-state index contributed by atoms with van der Waals surface area (Å²) in [5, 5.41) is 10.8. The summed E-state index contributed by atoms with van der Waals surface area (Å²) in [6, 6.07) is 17.5. The van der Waals surface area contributed by atoms with Crippen LogP contribution in [-0.4, -0.2) is 27.5 Å². The van der Waals surface area contributed by atoms with Crippen molar-refractivity contribution in [3.8, 4) is 5.69 Å². The van der Waals surface area contributed by atoms with Gasteiger partial charge in [-0.05, 0) is 30.2 Å². The Bertz CT molecular complexity index is 813. The number of benzene rings is 2. The van der Waals surface area contributed by atoms with Crippen LogP contribution in [0.25, 0.3) is 5.69 Å². The lowest BCUT2D eigenvalue weighted by atomic mass is 10.1. The third-order valence-corrected chi connectivity index (χ3v) is 3.70. The molecule has 0 spiro atoms. The van der Waals surface area contributed by atoms with Crippen molar-refractivity contribution in [2.75, 3.05) is 6.61 Å². The van der Waals surface area contributed by atoms with Crippen LogP contribution >= 0.6 is 0 Å². The third-order valence-electron chi connectivity index (χ3n) is 3.70. The molecule has 0 unspecified atom stereocenters. The minimum atomic E-state index is -0.249. The van der Waals surface area contributed by atoms with Crippen LogP contribution in [-0.2, 0) is 17.9 Å². The molecule has 0 bridgehead atoms. The molecule has 1 N–H and O–H groups in total. The molecular weight excluding hydrogens is 316 g/mol. The van der Waals surface area contributed by atoms with Gasteiger partial charge >= 0.3 is 0 Å². The molecule has 2 aromatic carbocycles. The van der Waals surface area contributed by atoms with Gasteiger partial charge in [-0.1, -0.05) is 47.7 Å². The van der Waals surface area contributed by atoms with Crippen LogP contribution in [0.4, 0.5) is 0 Å². The van der Waals surface area contributed by atoms with Crippen LogP contribution in [0.2, 0.25) is 0 Å². The molecule has 1 amide bonds. The molecule has 0 fully saturated rings. The fraction of sp³-hybridized carbons (Fsp3) is 0.211. The summed E-state index contributed by atoms with van der Waals surface area (Å²) in [4.78, 5) is 12.2. The molecule has 6 heteroatoms. The Balaban J connectivity index is 1.57. The molecule has 25 heavy (non-hydrogen) atoms. The Kier molecular flexibility index (Phi) is 5.53. The standard InChI is InChI=1S/C19H20N4O2/c1-2-25-14-16-10-8-15(9-11-16)12-20-19(24)18-13-23(22-21-18)17-6-4-3-5-7-17/h3-11,13H,2,12,14H2,1H3,(H,20,24). The van der Waals surface area contributed by atoms with Crippen molar-refractivity contribution >= 4 is 5.91 Å². The Hall–Kier alpha value is -2.99. The number of carbonyl (C=O) groups excluding carboxylic acids is 1. The van der Waals surface area contributed by atoms with Crippen LogP contribution in [0.5, 0.6) is 0 Å². The average molecular weight is 336 g/mol. The summed E-state index contributed by atoms with van der Waals surface area (Å²) >= 11 is 0. The van der Waals surface area contributed by atoms with E-state index >= 15 is 0 Å². The number of hydrogen-bond donors (Lipinski definition) is 1. The van der Waals surface area contributed by atoms with Gasteiger partial charge < -0.3 is 10.1 Å². The highest BCUT2D eigenvalue weighted by molar-refractivity contribution is 5.91. The van der Waals surface area contributed by atoms with Crippen LogP contribution < -0.4 is 5.32 Å². The SMILES string of the molecule is CCOCc1ccc(CNC(=O)c2cn(-c3ccccc3)nn2)cc1. The summed E-state index contributed by atoms with van der Waals surface area (Å²) in [7, 11) is 0. The van der Waals surface area contributed by atoms with E-state index < -0.39 is 0 Å². The summed E-state index contributed by atoms with van der Waals surface area (Å²) in [5.74, 6) is -0.249. The van der Waals surface area contributed by atoms with Gasteiger partial charge in [0.25, 0.3) is 5.91 Å². The van der Waals surface area contributed by atoms with Gasteiger partial charge in [-0.15, -0.1) is 5.10 Å². The number of hydrogen-bond acceptors (Lipinski definition) is 4. The minimum Gasteiger partial charge on any atom is -0.377 e. The van der Waals surface area contributed by atoms with Crippen molar-refractivity contribution in [1.82, 2.24) is 20.3 Å². The lowest BCUT2D eigenvalue weighted by Crippen LogP contribution is -2.23. The van der Waals surface area contributed by atoms with Crippen molar-refractivity contribution in [2.45, 2.75) is 20.1 Å². The van der Waals surface area contributed by atoms with Gasteiger partial charge in [0.15, 0.2) is 5.69 Å². The number of nitrogens with zero attached hydrogens (tertiary/aromatic N) is 3. The topological polar surface area (TPSA) is 69.0 Å². The van der Waals surface area contributed by atoms with E-state index in [4.69, 9.17) is 4.74 Å². The molecule has 3 rings (SSSR count). The number of amides is 1. The van der Waals surface area contributed by atoms with E-state index in [2.05, 4.69) is 15.6 Å². The summed E-state index contributed by atoms with van der Waals surface area (Å²) in [6.07, 6.45) is 1.62.